The Morgan fingerprint density at radius 2 is 2.14 bits per heavy atom. The molecule has 1 unspecified atom stereocenters. The monoisotopic (exact) mass is 396 g/mol. The van der Waals surface area contributed by atoms with Crippen molar-refractivity contribution in [3.63, 3.8) is 0 Å². The average molecular weight is 397 g/mol. The van der Waals surface area contributed by atoms with Crippen molar-refractivity contribution < 1.29 is 9.53 Å². The Morgan fingerprint density at radius 1 is 1.31 bits per heavy atom. The molecule has 0 spiro atoms. The number of nitrogens with one attached hydrogen (secondary N) is 2. The van der Waals surface area contributed by atoms with Crippen molar-refractivity contribution in [1.29, 1.82) is 5.41 Å². The number of hydrogen-bond donors (Lipinski definition) is 2. The van der Waals surface area contributed by atoms with Gasteiger partial charge in [0.1, 0.15) is 12.4 Å². The van der Waals surface area contributed by atoms with Crippen LogP contribution in [-0.2, 0) is 11.2 Å². The molecule has 2 aliphatic heterocycles. The molecule has 29 heavy (non-hydrogen) atoms. The van der Waals surface area contributed by atoms with E-state index < -0.39 is 0 Å². The second kappa shape index (κ2) is 8.47. The highest BCUT2D eigenvalue weighted by molar-refractivity contribution is 6.09. The van der Waals surface area contributed by atoms with Gasteiger partial charge in [-0.25, -0.2) is 0 Å². The first-order valence-corrected chi connectivity index (χ1v) is 10.8. The van der Waals surface area contributed by atoms with Crippen LogP contribution in [0.15, 0.2) is 18.3 Å². The third-order valence-corrected chi connectivity index (χ3v) is 6.39. The van der Waals surface area contributed by atoms with Crippen LogP contribution in [0.3, 0.4) is 0 Å². The summed E-state index contributed by atoms with van der Waals surface area (Å²) in [6, 6.07) is 5.28. The summed E-state index contributed by atoms with van der Waals surface area (Å²) in [6.07, 6.45) is 9.40. The van der Waals surface area contributed by atoms with Gasteiger partial charge in [0, 0.05) is 66.9 Å². The Morgan fingerprint density at radius 3 is 2.83 bits per heavy atom. The molecule has 2 heterocycles. The van der Waals surface area contributed by atoms with Crippen molar-refractivity contribution in [2.75, 3.05) is 31.6 Å². The summed E-state index contributed by atoms with van der Waals surface area (Å²) in [6.45, 7) is 4.19. The highest BCUT2D eigenvalue weighted by Crippen LogP contribution is 2.40. The molecular weight excluding hydrogens is 364 g/mol. The van der Waals surface area contributed by atoms with E-state index >= 15 is 0 Å². The number of hydrogen-bond acceptors (Lipinski definition) is 5. The van der Waals surface area contributed by atoms with Crippen LogP contribution in [0.25, 0.3) is 5.57 Å². The SMILES string of the molecule is CC1CCc2c(ccc(/C(C=N)=C/NC3CC3)c2OCCN2CCCC2=O)N1C. The molecule has 1 atom stereocenters. The molecule has 1 aliphatic carbocycles. The molecule has 1 aromatic carbocycles. The van der Waals surface area contributed by atoms with E-state index in [0.717, 1.165) is 42.7 Å². The van der Waals surface area contributed by atoms with Gasteiger partial charge in [-0.05, 0) is 51.2 Å². The summed E-state index contributed by atoms with van der Waals surface area (Å²) in [4.78, 5) is 16.1. The molecule has 2 N–H and O–H groups in total. The highest BCUT2D eigenvalue weighted by Gasteiger charge is 2.27. The van der Waals surface area contributed by atoms with Crippen LogP contribution >= 0.6 is 0 Å². The first-order valence-electron chi connectivity index (χ1n) is 10.8. The normalized spacial score (nSPS) is 21.9. The van der Waals surface area contributed by atoms with Crippen LogP contribution in [0.4, 0.5) is 5.69 Å². The lowest BCUT2D eigenvalue weighted by Crippen LogP contribution is -2.34. The molecule has 1 saturated heterocycles. The topological polar surface area (TPSA) is 68.7 Å². The minimum absolute atomic E-state index is 0.228. The fourth-order valence-electron chi connectivity index (χ4n) is 4.22. The minimum Gasteiger partial charge on any atom is -0.491 e. The lowest BCUT2D eigenvalue weighted by molar-refractivity contribution is -0.128. The van der Waals surface area contributed by atoms with Gasteiger partial charge in [-0.2, -0.15) is 0 Å². The third-order valence-electron chi connectivity index (χ3n) is 6.39. The molecule has 3 aliphatic rings. The molecule has 6 nitrogen and oxygen atoms in total. The molecule has 4 rings (SSSR count). The van der Waals surface area contributed by atoms with Crippen molar-refractivity contribution in [2.24, 2.45) is 0 Å². The van der Waals surface area contributed by atoms with E-state index in [9.17, 15) is 4.79 Å². The lowest BCUT2D eigenvalue weighted by atomic mass is 9.92. The Bertz CT molecular complexity index is 815. The zero-order valence-electron chi connectivity index (χ0n) is 17.5. The molecule has 1 aromatic rings. The van der Waals surface area contributed by atoms with Gasteiger partial charge in [0.15, 0.2) is 0 Å². The van der Waals surface area contributed by atoms with Crippen LogP contribution in [0.2, 0.25) is 0 Å². The number of carbonyl (C=O) groups excluding carboxylic acids is 1. The molecule has 6 heteroatoms. The van der Waals surface area contributed by atoms with Crippen LogP contribution < -0.4 is 15.0 Å². The van der Waals surface area contributed by atoms with Crippen LogP contribution in [-0.4, -0.2) is 55.8 Å². The van der Waals surface area contributed by atoms with Gasteiger partial charge in [-0.15, -0.1) is 0 Å². The van der Waals surface area contributed by atoms with E-state index in [1.165, 1.54) is 30.3 Å². The summed E-state index contributed by atoms with van der Waals surface area (Å²) in [5.41, 5.74) is 4.23. The van der Waals surface area contributed by atoms with Crippen LogP contribution in [0.1, 0.15) is 50.2 Å². The van der Waals surface area contributed by atoms with E-state index in [4.69, 9.17) is 10.1 Å². The first kappa shape index (κ1) is 19.8. The third kappa shape index (κ3) is 4.26. The van der Waals surface area contributed by atoms with Crippen LogP contribution in [0, 0.1) is 5.41 Å². The second-order valence-corrected chi connectivity index (χ2v) is 8.46. The van der Waals surface area contributed by atoms with Crippen molar-refractivity contribution >= 4 is 23.4 Å². The van der Waals surface area contributed by atoms with E-state index in [1.807, 2.05) is 11.1 Å². The number of allylic oxidation sites excluding steroid dienone is 1. The van der Waals surface area contributed by atoms with Crippen molar-refractivity contribution in [1.82, 2.24) is 10.2 Å². The van der Waals surface area contributed by atoms with Gasteiger partial charge in [0.25, 0.3) is 0 Å². The smallest absolute Gasteiger partial charge is 0.222 e. The highest BCUT2D eigenvalue weighted by atomic mass is 16.5. The average Bonchev–Trinajstić information content (AvgIpc) is 3.46. The molecule has 1 saturated carbocycles. The lowest BCUT2D eigenvalue weighted by Gasteiger charge is -2.35. The second-order valence-electron chi connectivity index (χ2n) is 8.46. The Hall–Kier alpha value is -2.50. The maximum absolute atomic E-state index is 11.9. The van der Waals surface area contributed by atoms with Crippen LogP contribution in [0.5, 0.6) is 5.75 Å². The van der Waals surface area contributed by atoms with Gasteiger partial charge >= 0.3 is 0 Å². The number of fused-ring (bicyclic) bond motifs is 1. The maximum Gasteiger partial charge on any atom is 0.222 e. The molecule has 156 valence electrons. The Labute approximate surface area is 173 Å². The predicted molar refractivity (Wildman–Crippen MR) is 117 cm³/mol. The minimum atomic E-state index is 0.228. The zero-order chi connectivity index (χ0) is 20.4. The van der Waals surface area contributed by atoms with Crippen molar-refractivity contribution in [3.8, 4) is 5.75 Å². The van der Waals surface area contributed by atoms with Crippen molar-refractivity contribution in [3.05, 3.63) is 29.5 Å². The van der Waals surface area contributed by atoms with Gasteiger partial charge in [0.2, 0.25) is 5.91 Å². The number of amides is 1. The summed E-state index contributed by atoms with van der Waals surface area (Å²) < 4.78 is 6.34. The number of carbonyl (C=O) groups is 1. The maximum atomic E-state index is 11.9. The van der Waals surface area contributed by atoms with E-state index in [2.05, 4.69) is 36.3 Å². The van der Waals surface area contributed by atoms with Gasteiger partial charge < -0.3 is 25.3 Å². The molecule has 2 fully saturated rings. The van der Waals surface area contributed by atoms with Gasteiger partial charge in [-0.1, -0.05) is 0 Å². The van der Waals surface area contributed by atoms with Gasteiger partial charge in [0.05, 0.1) is 6.54 Å². The standard InChI is InChI=1S/C23H32N4O2/c1-16-5-8-20-21(26(16)2)10-9-19(17(14-24)15-25-18-6-7-18)23(20)29-13-12-27-11-3-4-22(27)28/h9-10,14-16,18,24-25H,3-8,11-13H2,1-2H3/b17-15+,24-14?. The molecule has 0 radical (unpaired) electrons. The molecule has 0 bridgehead atoms. The Balaban J connectivity index is 1.61. The predicted octanol–water partition coefficient (Wildman–Crippen LogP) is 3.20. The molecule has 1 amide bonds. The number of nitrogens with zero attached hydrogens (tertiary/aromatic N) is 2. The number of ether oxygens (including phenoxy) is 1. The van der Waals surface area contributed by atoms with Crippen molar-refractivity contribution in [2.45, 2.75) is 57.5 Å². The molecular formula is C23H32N4O2. The zero-order valence-corrected chi connectivity index (χ0v) is 17.5. The van der Waals surface area contributed by atoms with Gasteiger partial charge in [-0.3, -0.25) is 4.79 Å². The van der Waals surface area contributed by atoms with E-state index in [1.54, 1.807) is 0 Å². The summed E-state index contributed by atoms with van der Waals surface area (Å²) in [5, 5.41) is 11.4. The summed E-state index contributed by atoms with van der Waals surface area (Å²) in [7, 11) is 2.14. The number of rotatable bonds is 8. The summed E-state index contributed by atoms with van der Waals surface area (Å²) >= 11 is 0. The molecule has 0 aromatic heterocycles. The quantitative estimate of drug-likeness (QED) is 0.662. The number of anilines is 1. The van der Waals surface area contributed by atoms with E-state index in [-0.39, 0.29) is 5.91 Å². The number of likely N-dealkylation sites (tertiary alicyclic amines) is 1. The Kier molecular flexibility index (Phi) is 5.79. The van der Waals surface area contributed by atoms with E-state index in [0.29, 0.717) is 31.7 Å². The fraction of sp³-hybridized carbons (Fsp3) is 0.565. The number of benzene rings is 1. The summed E-state index contributed by atoms with van der Waals surface area (Å²) in [5.74, 6) is 1.10. The fourth-order valence-corrected chi connectivity index (χ4v) is 4.22. The largest absolute Gasteiger partial charge is 0.491 e. The first-order chi connectivity index (χ1) is 14.1.